The van der Waals surface area contributed by atoms with Crippen LogP contribution in [0.5, 0.6) is 0 Å². The molecule has 4 heterocycles. The molecule has 0 aliphatic carbocycles. The molecular weight excluding hydrogens is 701 g/mol. The Labute approximate surface area is 325 Å². The Hall–Kier alpha value is -7.83. The van der Waals surface area contributed by atoms with Crippen molar-refractivity contribution in [2.45, 2.75) is 0 Å². The Bertz CT molecular complexity index is 3410. The normalized spacial score (nSPS) is 11.9. The third kappa shape index (κ3) is 5.01. The van der Waals surface area contributed by atoms with Crippen molar-refractivity contribution in [1.29, 1.82) is 0 Å². The van der Waals surface area contributed by atoms with Crippen molar-refractivity contribution in [3.63, 3.8) is 0 Å². The van der Waals surface area contributed by atoms with E-state index in [1.165, 1.54) is 21.8 Å². The number of hydrogen-bond donors (Lipinski definition) is 0. The van der Waals surface area contributed by atoms with Crippen LogP contribution in [0.4, 0.5) is 0 Å². The lowest BCUT2D eigenvalue weighted by Crippen LogP contribution is -2.00. The monoisotopic (exact) mass is 730 g/mol. The average molecular weight is 731 g/mol. The predicted octanol–water partition coefficient (Wildman–Crippen LogP) is 13.4. The summed E-state index contributed by atoms with van der Waals surface area (Å²) in [6, 6.07) is 62.7. The zero-order valence-electron chi connectivity index (χ0n) is 30.4. The van der Waals surface area contributed by atoms with Crippen LogP contribution >= 0.6 is 0 Å². The highest BCUT2D eigenvalue weighted by molar-refractivity contribution is 6.12. The molecule has 12 aromatic rings. The van der Waals surface area contributed by atoms with Crippen molar-refractivity contribution in [3.05, 3.63) is 182 Å². The molecule has 0 radical (unpaired) electrons. The van der Waals surface area contributed by atoms with Crippen molar-refractivity contribution < 1.29 is 8.83 Å². The molecule has 0 aliphatic heterocycles. The largest absolute Gasteiger partial charge is 0.456 e. The van der Waals surface area contributed by atoms with Crippen LogP contribution in [0.25, 0.3) is 117 Å². The van der Waals surface area contributed by atoms with Gasteiger partial charge in [0.1, 0.15) is 22.3 Å². The molecule has 266 valence electrons. The average Bonchev–Trinajstić information content (AvgIpc) is 3.95. The summed E-state index contributed by atoms with van der Waals surface area (Å²) in [5, 5.41) is 6.67. The van der Waals surface area contributed by atoms with E-state index in [9.17, 15) is 0 Å². The molecule has 0 unspecified atom stereocenters. The minimum absolute atomic E-state index is 0.559. The van der Waals surface area contributed by atoms with Gasteiger partial charge in [-0.2, -0.15) is 0 Å². The SMILES string of the molecule is c1ccc(-c2nc(-c3ccccc3)nc(-c3cccc4c3oc3cc(-c5ccc6c(c5)oc5cc(-n7c8ccccc8c8ccccc87)ccc56)ccc34)n2)cc1. The molecule has 0 fully saturated rings. The second kappa shape index (κ2) is 12.3. The van der Waals surface area contributed by atoms with Gasteiger partial charge in [-0.05, 0) is 65.7 Å². The van der Waals surface area contributed by atoms with Gasteiger partial charge in [0, 0.05) is 55.2 Å². The smallest absolute Gasteiger partial charge is 0.167 e. The summed E-state index contributed by atoms with van der Waals surface area (Å²) < 4.78 is 15.6. The second-order valence-corrected chi connectivity index (χ2v) is 14.4. The Balaban J connectivity index is 0.950. The lowest BCUT2D eigenvalue weighted by Gasteiger charge is -2.08. The molecule has 6 nitrogen and oxygen atoms in total. The molecule has 0 bridgehead atoms. The predicted molar refractivity (Wildman–Crippen MR) is 230 cm³/mol. The Kier molecular flexibility index (Phi) is 6.83. The number of para-hydroxylation sites is 3. The number of aromatic nitrogens is 4. The summed E-state index contributed by atoms with van der Waals surface area (Å²) in [5.74, 6) is 1.78. The van der Waals surface area contributed by atoms with Crippen LogP contribution in [0.1, 0.15) is 0 Å². The molecular formula is C51H30N4O2. The van der Waals surface area contributed by atoms with E-state index in [2.05, 4.69) is 114 Å². The van der Waals surface area contributed by atoms with Gasteiger partial charge in [0.05, 0.1) is 16.6 Å². The topological polar surface area (TPSA) is 69.9 Å². The number of benzene rings is 8. The van der Waals surface area contributed by atoms with Crippen LogP contribution in [0.15, 0.2) is 191 Å². The highest BCUT2D eigenvalue weighted by Gasteiger charge is 2.19. The van der Waals surface area contributed by atoms with Crippen LogP contribution in [-0.4, -0.2) is 19.5 Å². The van der Waals surface area contributed by atoms with Gasteiger partial charge >= 0.3 is 0 Å². The standard InChI is InChI=1S/C51H30N4O2/c1-3-12-31(13-4-1)49-52-50(32-14-5-2-6-15-32)54-51(53-49)42-19-11-18-41-40-26-23-34(29-46(40)57-48(41)42)33-22-25-38-39-27-24-35(30-47(39)56-45(38)28-33)55-43-20-9-7-16-36(43)37-17-8-10-21-44(37)55/h1-30H. The first-order valence-electron chi connectivity index (χ1n) is 19.0. The Morgan fingerprint density at radius 1 is 0.333 bits per heavy atom. The minimum Gasteiger partial charge on any atom is -0.456 e. The van der Waals surface area contributed by atoms with Crippen molar-refractivity contribution in [2.24, 2.45) is 0 Å². The zero-order chi connectivity index (χ0) is 37.5. The first-order chi connectivity index (χ1) is 28.2. The molecule has 57 heavy (non-hydrogen) atoms. The maximum Gasteiger partial charge on any atom is 0.167 e. The summed E-state index contributed by atoms with van der Waals surface area (Å²) in [4.78, 5) is 14.8. The van der Waals surface area contributed by atoms with Crippen molar-refractivity contribution >= 4 is 65.7 Å². The van der Waals surface area contributed by atoms with Gasteiger partial charge in [-0.3, -0.25) is 0 Å². The first-order valence-corrected chi connectivity index (χ1v) is 19.0. The molecule has 0 N–H and O–H groups in total. The highest BCUT2D eigenvalue weighted by atomic mass is 16.3. The van der Waals surface area contributed by atoms with E-state index >= 15 is 0 Å². The molecule has 0 saturated heterocycles. The third-order valence-electron chi connectivity index (χ3n) is 11.1. The van der Waals surface area contributed by atoms with Gasteiger partial charge < -0.3 is 13.4 Å². The molecule has 0 spiro atoms. The molecule has 0 amide bonds. The quantitative estimate of drug-likeness (QED) is 0.176. The van der Waals surface area contributed by atoms with E-state index in [4.69, 9.17) is 23.8 Å². The molecule has 8 aromatic carbocycles. The Morgan fingerprint density at radius 3 is 1.46 bits per heavy atom. The lowest BCUT2D eigenvalue weighted by molar-refractivity contribution is 0.668. The van der Waals surface area contributed by atoms with Crippen LogP contribution in [-0.2, 0) is 0 Å². The fourth-order valence-electron chi connectivity index (χ4n) is 8.37. The summed E-state index contributed by atoms with van der Waals surface area (Å²) in [5.41, 5.74) is 11.4. The van der Waals surface area contributed by atoms with E-state index in [1.807, 2.05) is 72.8 Å². The van der Waals surface area contributed by atoms with Crippen molar-refractivity contribution in [3.8, 4) is 51.0 Å². The fraction of sp³-hybridized carbons (Fsp3) is 0. The number of hydrogen-bond acceptors (Lipinski definition) is 5. The summed E-state index contributed by atoms with van der Waals surface area (Å²) in [6.45, 7) is 0. The number of nitrogens with zero attached hydrogens (tertiary/aromatic N) is 4. The number of fused-ring (bicyclic) bond motifs is 9. The van der Waals surface area contributed by atoms with E-state index < -0.39 is 0 Å². The summed E-state index contributed by atoms with van der Waals surface area (Å²) in [7, 11) is 0. The van der Waals surface area contributed by atoms with Crippen LogP contribution < -0.4 is 0 Å². The Morgan fingerprint density at radius 2 is 0.825 bits per heavy atom. The minimum atomic E-state index is 0.559. The number of furan rings is 2. The maximum atomic E-state index is 6.71. The number of rotatable bonds is 5. The lowest BCUT2D eigenvalue weighted by atomic mass is 10.0. The fourth-order valence-corrected chi connectivity index (χ4v) is 8.37. The van der Waals surface area contributed by atoms with E-state index in [-0.39, 0.29) is 0 Å². The molecule has 0 saturated carbocycles. The van der Waals surface area contributed by atoms with Gasteiger partial charge in [0.2, 0.25) is 0 Å². The molecule has 12 rings (SSSR count). The first kappa shape index (κ1) is 31.5. The van der Waals surface area contributed by atoms with Gasteiger partial charge in [-0.15, -0.1) is 0 Å². The summed E-state index contributed by atoms with van der Waals surface area (Å²) >= 11 is 0. The zero-order valence-corrected chi connectivity index (χ0v) is 30.4. The van der Waals surface area contributed by atoms with Crippen molar-refractivity contribution in [1.82, 2.24) is 19.5 Å². The highest BCUT2D eigenvalue weighted by Crippen LogP contribution is 2.40. The van der Waals surface area contributed by atoms with E-state index in [1.54, 1.807) is 0 Å². The molecule has 4 aromatic heterocycles. The molecule has 6 heteroatoms. The van der Waals surface area contributed by atoms with E-state index in [0.29, 0.717) is 17.5 Å². The molecule has 0 aliphatic rings. The molecule has 0 atom stereocenters. The van der Waals surface area contributed by atoms with Gasteiger partial charge in [-0.25, -0.2) is 15.0 Å². The maximum absolute atomic E-state index is 6.71. The van der Waals surface area contributed by atoms with Crippen molar-refractivity contribution in [2.75, 3.05) is 0 Å². The second-order valence-electron chi connectivity index (χ2n) is 14.4. The van der Waals surface area contributed by atoms with Gasteiger partial charge in [0.25, 0.3) is 0 Å². The van der Waals surface area contributed by atoms with Gasteiger partial charge in [-0.1, -0.05) is 121 Å². The van der Waals surface area contributed by atoms with Gasteiger partial charge in [0.15, 0.2) is 17.5 Å². The van der Waals surface area contributed by atoms with E-state index in [0.717, 1.165) is 77.4 Å². The van der Waals surface area contributed by atoms with Crippen LogP contribution in [0.3, 0.4) is 0 Å². The van der Waals surface area contributed by atoms with Crippen LogP contribution in [0, 0.1) is 0 Å². The third-order valence-corrected chi connectivity index (χ3v) is 11.1. The van der Waals surface area contributed by atoms with Crippen LogP contribution in [0.2, 0.25) is 0 Å². The summed E-state index contributed by atoms with van der Waals surface area (Å²) in [6.07, 6.45) is 0.